The van der Waals surface area contributed by atoms with E-state index in [2.05, 4.69) is 33.1 Å². The topological polar surface area (TPSA) is 35.6 Å². The molecule has 86 valence electrons. The van der Waals surface area contributed by atoms with E-state index < -0.39 is 0 Å². The lowest BCUT2D eigenvalue weighted by atomic mass is 10.3. The Hall–Kier alpha value is -1.10. The summed E-state index contributed by atoms with van der Waals surface area (Å²) < 4.78 is 4.95. The van der Waals surface area contributed by atoms with E-state index in [0.717, 1.165) is 34.5 Å². The second kappa shape index (κ2) is 4.41. The zero-order chi connectivity index (χ0) is 11.7. The van der Waals surface area contributed by atoms with Crippen LogP contribution in [0.3, 0.4) is 0 Å². The summed E-state index contributed by atoms with van der Waals surface area (Å²) in [6, 6.07) is 2.00. The molecule has 0 amide bonds. The molecule has 0 N–H and O–H groups in total. The predicted octanol–water partition coefficient (Wildman–Crippen LogP) is 2.30. The minimum Gasteiger partial charge on any atom is -0.269 e. The molecule has 0 spiro atoms. The van der Waals surface area contributed by atoms with Crippen molar-refractivity contribution in [1.29, 1.82) is 0 Å². The van der Waals surface area contributed by atoms with Gasteiger partial charge >= 0.3 is 0 Å². The molecule has 0 saturated carbocycles. The summed E-state index contributed by atoms with van der Waals surface area (Å²) in [6.07, 6.45) is 2.92. The molecule has 2 aromatic heterocycles. The maximum atomic E-state index is 4.46. The van der Waals surface area contributed by atoms with E-state index in [1.54, 1.807) is 0 Å². The van der Waals surface area contributed by atoms with Gasteiger partial charge in [-0.3, -0.25) is 9.36 Å². The van der Waals surface area contributed by atoms with Crippen molar-refractivity contribution in [3.05, 3.63) is 33.8 Å². The van der Waals surface area contributed by atoms with Crippen LogP contribution in [-0.2, 0) is 20.0 Å². The van der Waals surface area contributed by atoms with Crippen LogP contribution in [0, 0.1) is 6.92 Å². The predicted molar refractivity (Wildman–Crippen MR) is 66.4 cm³/mol. The van der Waals surface area contributed by atoms with Crippen LogP contribution in [0.2, 0.25) is 0 Å². The number of halogens is 1. The summed E-state index contributed by atoms with van der Waals surface area (Å²) in [5, 5.41) is 8.84. The first-order valence-electron chi connectivity index (χ1n) is 5.32. The van der Waals surface area contributed by atoms with Crippen LogP contribution in [0.1, 0.15) is 24.0 Å². The summed E-state index contributed by atoms with van der Waals surface area (Å²) in [5.41, 5.74) is 3.29. The zero-order valence-electron chi connectivity index (χ0n) is 9.74. The molecule has 5 heteroatoms. The second-order valence-corrected chi connectivity index (χ2v) is 4.63. The second-order valence-electron chi connectivity index (χ2n) is 3.84. The van der Waals surface area contributed by atoms with Crippen molar-refractivity contribution < 1.29 is 0 Å². The number of hydrogen-bond donors (Lipinski definition) is 0. The van der Waals surface area contributed by atoms with Gasteiger partial charge < -0.3 is 0 Å². The summed E-state index contributed by atoms with van der Waals surface area (Å²) in [6.45, 7) is 4.85. The molecule has 0 atom stereocenters. The van der Waals surface area contributed by atoms with Gasteiger partial charge in [0, 0.05) is 13.2 Å². The molecule has 0 fully saturated rings. The number of aromatic nitrogens is 4. The Morgan fingerprint density at radius 2 is 2.12 bits per heavy atom. The maximum Gasteiger partial charge on any atom is 0.0839 e. The van der Waals surface area contributed by atoms with E-state index in [1.807, 2.05) is 35.6 Å². The van der Waals surface area contributed by atoms with E-state index >= 15 is 0 Å². The molecule has 0 aromatic carbocycles. The van der Waals surface area contributed by atoms with E-state index in [4.69, 9.17) is 0 Å². The Kier molecular flexibility index (Phi) is 3.14. The van der Waals surface area contributed by atoms with Crippen molar-refractivity contribution in [2.45, 2.75) is 26.8 Å². The molecule has 2 rings (SSSR count). The van der Waals surface area contributed by atoms with Crippen LogP contribution >= 0.6 is 15.9 Å². The molecule has 0 aliphatic rings. The van der Waals surface area contributed by atoms with E-state index in [1.165, 1.54) is 0 Å². The molecule has 16 heavy (non-hydrogen) atoms. The largest absolute Gasteiger partial charge is 0.269 e. The highest BCUT2D eigenvalue weighted by molar-refractivity contribution is 9.10. The third-order valence-electron chi connectivity index (χ3n) is 2.59. The zero-order valence-corrected chi connectivity index (χ0v) is 11.3. The Labute approximate surface area is 103 Å². The molecule has 4 nitrogen and oxygen atoms in total. The standard InChI is InChI=1S/C11H15BrN4/c1-4-9-11(12)10(15(3)14-9)7-16-6-5-8(2)13-16/h5-6H,4,7H2,1-3H3. The monoisotopic (exact) mass is 282 g/mol. The average Bonchev–Trinajstić information content (AvgIpc) is 2.77. The summed E-state index contributed by atoms with van der Waals surface area (Å²) in [4.78, 5) is 0. The molecule has 2 heterocycles. The van der Waals surface area contributed by atoms with Crippen LogP contribution in [0.5, 0.6) is 0 Å². The van der Waals surface area contributed by atoms with Gasteiger partial charge in [0.05, 0.1) is 28.1 Å². The fraction of sp³-hybridized carbons (Fsp3) is 0.455. The fourth-order valence-electron chi connectivity index (χ4n) is 1.70. The molecule has 0 aliphatic heterocycles. The van der Waals surface area contributed by atoms with Gasteiger partial charge in [0.1, 0.15) is 0 Å². The van der Waals surface area contributed by atoms with Crippen LogP contribution in [0.4, 0.5) is 0 Å². The number of rotatable bonds is 3. The lowest BCUT2D eigenvalue weighted by Crippen LogP contribution is -2.06. The minimum absolute atomic E-state index is 0.748. The van der Waals surface area contributed by atoms with Crippen molar-refractivity contribution in [2.75, 3.05) is 0 Å². The molecular weight excluding hydrogens is 268 g/mol. The van der Waals surface area contributed by atoms with Crippen LogP contribution in [0.15, 0.2) is 16.7 Å². The quantitative estimate of drug-likeness (QED) is 0.866. The first-order valence-corrected chi connectivity index (χ1v) is 6.11. The van der Waals surface area contributed by atoms with Crippen molar-refractivity contribution in [3.63, 3.8) is 0 Å². The Balaban J connectivity index is 2.30. The Morgan fingerprint density at radius 3 is 2.62 bits per heavy atom. The average molecular weight is 283 g/mol. The number of hydrogen-bond acceptors (Lipinski definition) is 2. The van der Waals surface area contributed by atoms with Gasteiger partial charge in [0.2, 0.25) is 0 Å². The Bertz CT molecular complexity index is 498. The highest BCUT2D eigenvalue weighted by Gasteiger charge is 2.12. The third-order valence-corrected chi connectivity index (χ3v) is 3.50. The van der Waals surface area contributed by atoms with Crippen molar-refractivity contribution in [2.24, 2.45) is 7.05 Å². The van der Waals surface area contributed by atoms with E-state index in [-0.39, 0.29) is 0 Å². The molecular formula is C11H15BrN4. The summed E-state index contributed by atoms with van der Waals surface area (Å²) >= 11 is 3.60. The van der Waals surface area contributed by atoms with Crippen LogP contribution < -0.4 is 0 Å². The SMILES string of the molecule is CCc1nn(C)c(Cn2ccc(C)n2)c1Br. The lowest BCUT2D eigenvalue weighted by molar-refractivity contribution is 0.613. The van der Waals surface area contributed by atoms with Crippen molar-refractivity contribution in [3.8, 4) is 0 Å². The summed E-state index contributed by atoms with van der Waals surface area (Å²) in [5.74, 6) is 0. The van der Waals surface area contributed by atoms with Crippen LogP contribution in [-0.4, -0.2) is 19.6 Å². The van der Waals surface area contributed by atoms with Gasteiger partial charge in [-0.15, -0.1) is 0 Å². The van der Waals surface area contributed by atoms with Gasteiger partial charge in [0.25, 0.3) is 0 Å². The molecule has 0 radical (unpaired) electrons. The van der Waals surface area contributed by atoms with Gasteiger partial charge in [0.15, 0.2) is 0 Å². The molecule has 0 unspecified atom stereocenters. The van der Waals surface area contributed by atoms with Crippen molar-refractivity contribution >= 4 is 15.9 Å². The van der Waals surface area contributed by atoms with Gasteiger partial charge in [-0.25, -0.2) is 0 Å². The number of aryl methyl sites for hydroxylation is 3. The highest BCUT2D eigenvalue weighted by atomic mass is 79.9. The fourth-order valence-corrected chi connectivity index (χ4v) is 2.44. The smallest absolute Gasteiger partial charge is 0.0839 e. The first-order chi connectivity index (χ1) is 7.61. The molecule has 0 saturated heterocycles. The van der Waals surface area contributed by atoms with E-state index in [0.29, 0.717) is 0 Å². The van der Waals surface area contributed by atoms with Crippen molar-refractivity contribution in [1.82, 2.24) is 19.6 Å². The van der Waals surface area contributed by atoms with Gasteiger partial charge in [-0.05, 0) is 35.3 Å². The van der Waals surface area contributed by atoms with Gasteiger partial charge in [-0.1, -0.05) is 6.92 Å². The molecule has 0 aliphatic carbocycles. The number of nitrogens with zero attached hydrogens (tertiary/aromatic N) is 4. The molecule has 0 bridgehead atoms. The lowest BCUT2D eigenvalue weighted by Gasteiger charge is -2.03. The Morgan fingerprint density at radius 1 is 1.38 bits per heavy atom. The van der Waals surface area contributed by atoms with Gasteiger partial charge in [-0.2, -0.15) is 10.2 Å². The normalized spacial score (nSPS) is 11.0. The third kappa shape index (κ3) is 2.04. The minimum atomic E-state index is 0.748. The molecule has 2 aromatic rings. The van der Waals surface area contributed by atoms with Crippen LogP contribution in [0.25, 0.3) is 0 Å². The summed E-state index contributed by atoms with van der Waals surface area (Å²) in [7, 11) is 1.97. The highest BCUT2D eigenvalue weighted by Crippen LogP contribution is 2.22. The maximum absolute atomic E-state index is 4.46. The first kappa shape index (κ1) is 11.4. The van der Waals surface area contributed by atoms with E-state index in [9.17, 15) is 0 Å².